The Morgan fingerprint density at radius 3 is 2.31 bits per heavy atom. The maximum atomic E-state index is 6.21. The second-order valence-corrected chi connectivity index (χ2v) is 7.57. The maximum absolute atomic E-state index is 6.21. The number of benzene rings is 3. The first-order valence-electron chi connectivity index (χ1n) is 9.14. The van der Waals surface area contributed by atoms with E-state index in [0.29, 0.717) is 17.3 Å². The van der Waals surface area contributed by atoms with E-state index in [-0.39, 0.29) is 0 Å². The van der Waals surface area contributed by atoms with Crippen molar-refractivity contribution in [3.8, 4) is 22.8 Å². The molecular weight excluding hydrogens is 430 g/mol. The second-order valence-electron chi connectivity index (χ2n) is 6.65. The smallest absolute Gasteiger partial charge is 0.161 e. The number of methoxy groups -OCH3 is 2. The fraction of sp³-hybridized carbons (Fsp3) is 0.125. The van der Waals surface area contributed by atoms with Gasteiger partial charge in [-0.25, -0.2) is 4.99 Å². The molecule has 0 radical (unpaired) electrons. The van der Waals surface area contributed by atoms with Crippen molar-refractivity contribution < 1.29 is 13.9 Å². The molecule has 0 atom stereocenters. The standard InChI is InChI=1S/C24H20BrNO3/c1-15-4-10-21-19(12-15)20(26-18-8-6-17(25)7-9-18)14-23(29-21)16-5-11-22(27-2)24(13-16)28-3/h4-14H,1-3H3. The molecule has 1 heterocycles. The molecule has 1 aromatic heterocycles. The van der Waals surface area contributed by atoms with Crippen LogP contribution in [0.3, 0.4) is 0 Å². The Bertz CT molecular complexity index is 1240. The number of rotatable bonds is 4. The van der Waals surface area contributed by atoms with Crippen LogP contribution in [0.25, 0.3) is 22.3 Å². The number of ether oxygens (including phenoxy) is 2. The summed E-state index contributed by atoms with van der Waals surface area (Å²) in [6.07, 6.45) is 0. The van der Waals surface area contributed by atoms with Gasteiger partial charge in [-0.1, -0.05) is 27.6 Å². The third-order valence-corrected chi connectivity index (χ3v) is 5.17. The van der Waals surface area contributed by atoms with Gasteiger partial charge in [-0.2, -0.15) is 0 Å². The SMILES string of the molecule is COc1ccc(-c2cc(=Nc3ccc(Br)cc3)c3cc(C)ccc3o2)cc1OC. The molecule has 0 N–H and O–H groups in total. The van der Waals surface area contributed by atoms with Gasteiger partial charge in [-0.05, 0) is 61.5 Å². The van der Waals surface area contributed by atoms with E-state index < -0.39 is 0 Å². The van der Waals surface area contributed by atoms with E-state index in [9.17, 15) is 0 Å². The van der Waals surface area contributed by atoms with Gasteiger partial charge < -0.3 is 13.9 Å². The first-order valence-corrected chi connectivity index (χ1v) is 9.94. The van der Waals surface area contributed by atoms with Crippen LogP contribution in [0.15, 0.2) is 80.6 Å². The zero-order chi connectivity index (χ0) is 20.4. The summed E-state index contributed by atoms with van der Waals surface area (Å²) in [4.78, 5) is 4.88. The fourth-order valence-corrected chi connectivity index (χ4v) is 3.43. The third-order valence-electron chi connectivity index (χ3n) is 4.64. The first kappa shape index (κ1) is 19.3. The van der Waals surface area contributed by atoms with Crippen LogP contribution in [-0.2, 0) is 0 Å². The molecule has 4 rings (SSSR count). The summed E-state index contributed by atoms with van der Waals surface area (Å²) in [6.45, 7) is 2.06. The molecule has 146 valence electrons. The van der Waals surface area contributed by atoms with Crippen LogP contribution in [0.1, 0.15) is 5.56 Å². The van der Waals surface area contributed by atoms with Crippen LogP contribution in [0.5, 0.6) is 11.5 Å². The molecule has 0 unspecified atom stereocenters. The lowest BCUT2D eigenvalue weighted by Crippen LogP contribution is -2.03. The Hall–Kier alpha value is -3.05. The Labute approximate surface area is 177 Å². The maximum Gasteiger partial charge on any atom is 0.161 e. The van der Waals surface area contributed by atoms with Gasteiger partial charge in [0.25, 0.3) is 0 Å². The van der Waals surface area contributed by atoms with Crippen molar-refractivity contribution in [2.24, 2.45) is 4.99 Å². The predicted molar refractivity (Wildman–Crippen MR) is 119 cm³/mol. The highest BCUT2D eigenvalue weighted by atomic mass is 79.9. The number of aryl methyl sites for hydroxylation is 1. The van der Waals surface area contributed by atoms with Gasteiger partial charge in [0.15, 0.2) is 11.5 Å². The van der Waals surface area contributed by atoms with Crippen molar-refractivity contribution in [3.63, 3.8) is 0 Å². The van der Waals surface area contributed by atoms with Gasteiger partial charge in [0.1, 0.15) is 11.3 Å². The number of nitrogens with zero attached hydrogens (tertiary/aromatic N) is 1. The van der Waals surface area contributed by atoms with Crippen molar-refractivity contribution in [3.05, 3.63) is 82.1 Å². The van der Waals surface area contributed by atoms with Crippen LogP contribution in [0, 0.1) is 6.92 Å². The lowest BCUT2D eigenvalue weighted by molar-refractivity contribution is 0.355. The van der Waals surface area contributed by atoms with E-state index in [0.717, 1.165) is 37.6 Å². The van der Waals surface area contributed by atoms with Crippen molar-refractivity contribution in [2.45, 2.75) is 6.92 Å². The molecule has 5 heteroatoms. The highest BCUT2D eigenvalue weighted by Gasteiger charge is 2.10. The van der Waals surface area contributed by atoms with E-state index in [1.807, 2.05) is 60.7 Å². The van der Waals surface area contributed by atoms with Crippen molar-refractivity contribution in [2.75, 3.05) is 14.2 Å². The second kappa shape index (κ2) is 8.13. The summed E-state index contributed by atoms with van der Waals surface area (Å²) in [5.74, 6) is 2.03. The minimum Gasteiger partial charge on any atom is -0.493 e. The van der Waals surface area contributed by atoms with Gasteiger partial charge >= 0.3 is 0 Å². The normalized spacial score (nSPS) is 11.7. The third kappa shape index (κ3) is 4.05. The number of hydrogen-bond donors (Lipinski definition) is 0. The molecule has 0 saturated carbocycles. The quantitative estimate of drug-likeness (QED) is 0.360. The molecule has 3 aromatic carbocycles. The van der Waals surface area contributed by atoms with Crippen molar-refractivity contribution >= 4 is 32.6 Å². The summed E-state index contributed by atoms with van der Waals surface area (Å²) in [6, 6.07) is 21.7. The van der Waals surface area contributed by atoms with Gasteiger partial charge in [0.05, 0.1) is 25.3 Å². The zero-order valence-electron chi connectivity index (χ0n) is 16.4. The Kier molecular flexibility index (Phi) is 5.41. The Morgan fingerprint density at radius 1 is 0.828 bits per heavy atom. The average Bonchev–Trinajstić information content (AvgIpc) is 2.75. The Morgan fingerprint density at radius 2 is 1.59 bits per heavy atom. The molecule has 0 fully saturated rings. The lowest BCUT2D eigenvalue weighted by atomic mass is 10.1. The summed E-state index contributed by atoms with van der Waals surface area (Å²) in [5, 5.41) is 1.82. The van der Waals surface area contributed by atoms with Gasteiger partial charge in [0, 0.05) is 21.5 Å². The largest absolute Gasteiger partial charge is 0.493 e. The van der Waals surface area contributed by atoms with E-state index in [1.165, 1.54) is 0 Å². The summed E-state index contributed by atoms with van der Waals surface area (Å²) < 4.78 is 18.0. The minimum absolute atomic E-state index is 0.649. The zero-order valence-corrected chi connectivity index (χ0v) is 18.0. The van der Waals surface area contributed by atoms with E-state index in [2.05, 4.69) is 28.9 Å². The number of fused-ring (bicyclic) bond motifs is 1. The van der Waals surface area contributed by atoms with Crippen LogP contribution in [0.4, 0.5) is 5.69 Å². The van der Waals surface area contributed by atoms with Gasteiger partial charge in [0.2, 0.25) is 0 Å². The molecule has 29 heavy (non-hydrogen) atoms. The van der Waals surface area contributed by atoms with Crippen LogP contribution < -0.4 is 14.8 Å². The van der Waals surface area contributed by atoms with E-state index in [4.69, 9.17) is 18.9 Å². The molecule has 0 spiro atoms. The topological polar surface area (TPSA) is 44.0 Å². The molecule has 0 aliphatic rings. The Balaban J connectivity index is 1.95. The molecule has 0 aliphatic heterocycles. The highest BCUT2D eigenvalue weighted by Crippen LogP contribution is 2.33. The molecule has 0 saturated heterocycles. The van der Waals surface area contributed by atoms with Crippen LogP contribution in [-0.4, -0.2) is 14.2 Å². The van der Waals surface area contributed by atoms with Gasteiger partial charge in [-0.3, -0.25) is 0 Å². The predicted octanol–water partition coefficient (Wildman–Crippen LogP) is 6.42. The van der Waals surface area contributed by atoms with Gasteiger partial charge in [-0.15, -0.1) is 0 Å². The fourth-order valence-electron chi connectivity index (χ4n) is 3.16. The lowest BCUT2D eigenvalue weighted by Gasteiger charge is -2.10. The molecule has 4 nitrogen and oxygen atoms in total. The average molecular weight is 450 g/mol. The highest BCUT2D eigenvalue weighted by molar-refractivity contribution is 9.10. The number of halogens is 1. The minimum atomic E-state index is 0.649. The molecule has 0 bridgehead atoms. The van der Waals surface area contributed by atoms with E-state index in [1.54, 1.807) is 14.2 Å². The molecular formula is C24H20BrNO3. The summed E-state index contributed by atoms with van der Waals surface area (Å²) in [7, 11) is 3.24. The molecule has 0 amide bonds. The van der Waals surface area contributed by atoms with Crippen molar-refractivity contribution in [1.82, 2.24) is 0 Å². The first-order chi connectivity index (χ1) is 14.1. The molecule has 4 aromatic rings. The molecule has 0 aliphatic carbocycles. The monoisotopic (exact) mass is 449 g/mol. The van der Waals surface area contributed by atoms with E-state index >= 15 is 0 Å². The summed E-state index contributed by atoms with van der Waals surface area (Å²) in [5.41, 5.74) is 3.69. The summed E-state index contributed by atoms with van der Waals surface area (Å²) >= 11 is 3.47. The van der Waals surface area contributed by atoms with Crippen LogP contribution in [0.2, 0.25) is 0 Å². The number of hydrogen-bond acceptors (Lipinski definition) is 4. The van der Waals surface area contributed by atoms with Crippen molar-refractivity contribution in [1.29, 1.82) is 0 Å². The van der Waals surface area contributed by atoms with Crippen LogP contribution >= 0.6 is 15.9 Å².